The zero-order chi connectivity index (χ0) is 15.2. The Balaban J connectivity index is 1.79. The summed E-state index contributed by atoms with van der Waals surface area (Å²) in [5.41, 5.74) is 0. The van der Waals surface area contributed by atoms with Crippen molar-refractivity contribution in [2.45, 2.75) is 13.0 Å². The van der Waals surface area contributed by atoms with Crippen LogP contribution < -0.4 is 0 Å². The van der Waals surface area contributed by atoms with Crippen LogP contribution in [-0.2, 0) is 4.79 Å². The molecule has 0 saturated carbocycles. The van der Waals surface area contributed by atoms with Crippen molar-refractivity contribution in [3.8, 4) is 0 Å². The number of aliphatic hydroxyl groups excluding tert-OH is 1. The highest BCUT2D eigenvalue weighted by Gasteiger charge is 2.23. The smallest absolute Gasteiger partial charge is 0.237 e. The Bertz CT molecular complexity index is 430. The number of nitrogens with zero attached hydrogens (tertiary/aromatic N) is 3. The number of carbonyl (C=O) groups is 1. The lowest BCUT2D eigenvalue weighted by Gasteiger charge is -2.35. The van der Waals surface area contributed by atoms with Gasteiger partial charge in [-0.15, -0.1) is 11.3 Å². The number of β-amino-alcohol motifs (C(OH)–C–C–N with tert-alkyl or cyclic N) is 1. The van der Waals surface area contributed by atoms with Crippen LogP contribution in [0.1, 0.15) is 17.8 Å². The average molecular weight is 311 g/mol. The molecule has 6 heteroatoms. The number of hydrogen-bond donors (Lipinski definition) is 1. The Kier molecular flexibility index (Phi) is 6.17. The molecule has 0 bridgehead atoms. The fourth-order valence-corrected chi connectivity index (χ4v) is 3.38. The standard InChI is InChI=1S/C15H25N3O2S/c1-13(14-4-3-11-21-14)16(2)15(20)12-18-7-5-17(6-8-18)9-10-19/h3-4,11,13,19H,5-10,12H2,1-2H3/t13-/m0/s1. The molecule has 1 aliphatic heterocycles. The van der Waals surface area contributed by atoms with Crippen molar-refractivity contribution in [2.24, 2.45) is 0 Å². The molecule has 1 amide bonds. The summed E-state index contributed by atoms with van der Waals surface area (Å²) >= 11 is 1.69. The molecule has 2 heterocycles. The third kappa shape index (κ3) is 4.51. The second kappa shape index (κ2) is 7.89. The molecule has 0 spiro atoms. The van der Waals surface area contributed by atoms with Gasteiger partial charge in [0, 0.05) is 44.6 Å². The van der Waals surface area contributed by atoms with Gasteiger partial charge >= 0.3 is 0 Å². The zero-order valence-corrected chi connectivity index (χ0v) is 13.7. The van der Waals surface area contributed by atoms with Crippen LogP contribution in [0.5, 0.6) is 0 Å². The first-order chi connectivity index (χ1) is 10.1. The van der Waals surface area contributed by atoms with Crippen molar-refractivity contribution in [1.82, 2.24) is 14.7 Å². The summed E-state index contributed by atoms with van der Waals surface area (Å²) < 4.78 is 0. The van der Waals surface area contributed by atoms with E-state index in [-0.39, 0.29) is 18.6 Å². The van der Waals surface area contributed by atoms with E-state index in [1.807, 2.05) is 23.4 Å². The minimum Gasteiger partial charge on any atom is -0.395 e. The SMILES string of the molecule is C[C@@H](c1cccs1)N(C)C(=O)CN1CCN(CCO)CC1. The molecule has 0 aliphatic carbocycles. The zero-order valence-electron chi connectivity index (χ0n) is 12.9. The van der Waals surface area contributed by atoms with E-state index in [4.69, 9.17) is 5.11 Å². The minimum atomic E-state index is 0.133. The van der Waals surface area contributed by atoms with Crippen LogP contribution in [-0.4, -0.2) is 78.6 Å². The third-order valence-corrected chi connectivity index (χ3v) is 5.21. The first kappa shape index (κ1) is 16.4. The maximum atomic E-state index is 12.4. The van der Waals surface area contributed by atoms with Gasteiger partial charge in [0.1, 0.15) is 0 Å². The number of piperazine rings is 1. The molecular weight excluding hydrogens is 286 g/mol. The van der Waals surface area contributed by atoms with E-state index in [1.54, 1.807) is 11.3 Å². The number of hydrogen-bond acceptors (Lipinski definition) is 5. The first-order valence-corrected chi connectivity index (χ1v) is 8.34. The number of thiophene rings is 1. The summed E-state index contributed by atoms with van der Waals surface area (Å²) in [4.78, 5) is 19.9. The van der Waals surface area contributed by atoms with E-state index in [1.165, 1.54) is 4.88 Å². The van der Waals surface area contributed by atoms with E-state index in [0.717, 1.165) is 32.7 Å². The Morgan fingerprint density at radius 3 is 2.62 bits per heavy atom. The van der Waals surface area contributed by atoms with Gasteiger partial charge in [0.25, 0.3) is 0 Å². The van der Waals surface area contributed by atoms with Gasteiger partial charge < -0.3 is 10.0 Å². The van der Waals surface area contributed by atoms with Crippen LogP contribution >= 0.6 is 11.3 Å². The van der Waals surface area contributed by atoms with E-state index in [0.29, 0.717) is 6.54 Å². The highest BCUT2D eigenvalue weighted by molar-refractivity contribution is 7.10. The molecule has 5 nitrogen and oxygen atoms in total. The lowest BCUT2D eigenvalue weighted by molar-refractivity contribution is -0.133. The second-order valence-electron chi connectivity index (χ2n) is 5.54. The molecule has 1 atom stereocenters. The summed E-state index contributed by atoms with van der Waals surface area (Å²) in [7, 11) is 1.88. The fourth-order valence-electron chi connectivity index (χ4n) is 2.55. The van der Waals surface area contributed by atoms with E-state index >= 15 is 0 Å². The summed E-state index contributed by atoms with van der Waals surface area (Å²) in [5.74, 6) is 0.173. The molecule has 1 aromatic heterocycles. The van der Waals surface area contributed by atoms with Crippen LogP contribution in [0.4, 0.5) is 0 Å². The fraction of sp³-hybridized carbons (Fsp3) is 0.667. The van der Waals surface area contributed by atoms with E-state index < -0.39 is 0 Å². The predicted octanol–water partition coefficient (Wildman–Crippen LogP) is 0.877. The van der Waals surface area contributed by atoms with Gasteiger partial charge in [-0.05, 0) is 18.4 Å². The van der Waals surface area contributed by atoms with Crippen molar-refractivity contribution < 1.29 is 9.90 Å². The summed E-state index contributed by atoms with van der Waals surface area (Å²) in [5, 5.41) is 11.0. The van der Waals surface area contributed by atoms with Crippen LogP contribution in [0.2, 0.25) is 0 Å². The van der Waals surface area contributed by atoms with Crippen molar-refractivity contribution in [1.29, 1.82) is 0 Å². The van der Waals surface area contributed by atoms with Crippen molar-refractivity contribution in [2.75, 3.05) is 52.9 Å². The Labute approximate surface area is 130 Å². The molecule has 1 aromatic rings. The maximum absolute atomic E-state index is 12.4. The molecule has 0 aromatic carbocycles. The van der Waals surface area contributed by atoms with Gasteiger partial charge in [-0.3, -0.25) is 14.6 Å². The summed E-state index contributed by atoms with van der Waals surface area (Å²) in [6, 6.07) is 4.23. The van der Waals surface area contributed by atoms with Crippen molar-refractivity contribution in [3.63, 3.8) is 0 Å². The quantitative estimate of drug-likeness (QED) is 0.847. The molecule has 1 aliphatic rings. The number of aliphatic hydroxyl groups is 1. The van der Waals surface area contributed by atoms with Crippen LogP contribution in [0, 0.1) is 0 Å². The van der Waals surface area contributed by atoms with E-state index in [9.17, 15) is 4.79 Å². The second-order valence-corrected chi connectivity index (χ2v) is 6.52. The molecule has 0 radical (unpaired) electrons. The lowest BCUT2D eigenvalue weighted by atomic mass is 10.2. The third-order valence-electron chi connectivity index (χ3n) is 4.17. The Hall–Kier alpha value is -0.950. The number of likely N-dealkylation sites (N-methyl/N-ethyl adjacent to an activating group) is 1. The van der Waals surface area contributed by atoms with Gasteiger partial charge in [0.05, 0.1) is 19.2 Å². The van der Waals surface area contributed by atoms with Crippen LogP contribution in [0.3, 0.4) is 0 Å². The molecule has 1 fully saturated rings. The molecule has 0 unspecified atom stereocenters. The highest BCUT2D eigenvalue weighted by Crippen LogP contribution is 2.23. The lowest BCUT2D eigenvalue weighted by Crippen LogP contribution is -2.50. The normalized spacial score (nSPS) is 18.6. The van der Waals surface area contributed by atoms with Gasteiger partial charge in [-0.25, -0.2) is 0 Å². The minimum absolute atomic E-state index is 0.133. The number of carbonyl (C=O) groups excluding carboxylic acids is 1. The Morgan fingerprint density at radius 1 is 1.38 bits per heavy atom. The largest absolute Gasteiger partial charge is 0.395 e. The number of amides is 1. The first-order valence-electron chi connectivity index (χ1n) is 7.46. The summed E-state index contributed by atoms with van der Waals surface area (Å²) in [6.07, 6.45) is 0. The maximum Gasteiger partial charge on any atom is 0.237 e. The predicted molar refractivity (Wildman–Crippen MR) is 85.5 cm³/mol. The van der Waals surface area contributed by atoms with E-state index in [2.05, 4.69) is 22.8 Å². The Morgan fingerprint density at radius 2 is 2.05 bits per heavy atom. The topological polar surface area (TPSA) is 47.0 Å². The van der Waals surface area contributed by atoms with Crippen LogP contribution in [0.25, 0.3) is 0 Å². The highest BCUT2D eigenvalue weighted by atomic mass is 32.1. The summed E-state index contributed by atoms with van der Waals surface area (Å²) in [6.45, 7) is 7.15. The van der Waals surface area contributed by atoms with Crippen LogP contribution in [0.15, 0.2) is 17.5 Å². The molecule has 2 rings (SSSR count). The van der Waals surface area contributed by atoms with Gasteiger partial charge in [-0.1, -0.05) is 6.07 Å². The van der Waals surface area contributed by atoms with Gasteiger partial charge in [-0.2, -0.15) is 0 Å². The molecule has 1 saturated heterocycles. The number of rotatable bonds is 6. The molecular formula is C15H25N3O2S. The van der Waals surface area contributed by atoms with Crippen molar-refractivity contribution in [3.05, 3.63) is 22.4 Å². The molecule has 118 valence electrons. The molecule has 1 N–H and O–H groups in total. The van der Waals surface area contributed by atoms with Crippen molar-refractivity contribution >= 4 is 17.2 Å². The monoisotopic (exact) mass is 311 g/mol. The van der Waals surface area contributed by atoms with Gasteiger partial charge in [0.2, 0.25) is 5.91 Å². The average Bonchev–Trinajstić information content (AvgIpc) is 3.02. The van der Waals surface area contributed by atoms with Gasteiger partial charge in [0.15, 0.2) is 0 Å². The molecule has 21 heavy (non-hydrogen) atoms.